The van der Waals surface area contributed by atoms with Gasteiger partial charge >= 0.3 is 42.8 Å². The summed E-state index contributed by atoms with van der Waals surface area (Å²) in [5, 5.41) is 0.0856. The summed E-state index contributed by atoms with van der Waals surface area (Å²) in [5.41, 5.74) is 6.04. The number of fused-ring (bicyclic) bond motifs is 1. The average molecular weight is 885 g/mol. The van der Waals surface area contributed by atoms with E-state index >= 15 is 0 Å². The van der Waals surface area contributed by atoms with Gasteiger partial charge in [-0.25, -0.2) is 19.0 Å². The van der Waals surface area contributed by atoms with Crippen LogP contribution in [0.2, 0.25) is 0 Å². The van der Waals surface area contributed by atoms with Gasteiger partial charge in [0.05, 0.1) is 16.7 Å². The van der Waals surface area contributed by atoms with Crippen molar-refractivity contribution in [3.63, 3.8) is 0 Å². The summed E-state index contributed by atoms with van der Waals surface area (Å²) in [7, 11) is 0. The number of halogens is 11. The Bertz CT molecular complexity index is 1980. The van der Waals surface area contributed by atoms with Crippen molar-refractivity contribution in [1.82, 2.24) is 0 Å². The molecule has 1 unspecified atom stereocenters. The first-order valence-corrected chi connectivity index (χ1v) is 18.6. The summed E-state index contributed by atoms with van der Waals surface area (Å²) in [6.07, 6.45) is -24.8. The summed E-state index contributed by atoms with van der Waals surface area (Å²) in [6, 6.07) is 8.36. The molecule has 59 heavy (non-hydrogen) atoms. The van der Waals surface area contributed by atoms with Crippen molar-refractivity contribution >= 4 is 28.7 Å². The lowest BCUT2D eigenvalue weighted by atomic mass is 9.67. The number of benzene rings is 2. The highest BCUT2D eigenvalue weighted by Gasteiger charge is 2.57. The number of aryl methyl sites for hydroxylation is 1. The van der Waals surface area contributed by atoms with Crippen LogP contribution >= 0.6 is 11.8 Å². The smallest absolute Gasteiger partial charge is 0.456 e. The van der Waals surface area contributed by atoms with Crippen LogP contribution in [-0.4, -0.2) is 60.6 Å². The Balaban J connectivity index is 1.69. The van der Waals surface area contributed by atoms with Crippen LogP contribution in [0.15, 0.2) is 56.6 Å². The molecule has 0 aliphatic heterocycles. The number of thioether (sulfide) groups is 1. The number of hydrogen-bond acceptors (Lipinski definition) is 11. The fourth-order valence-electron chi connectivity index (χ4n) is 5.64. The van der Waals surface area contributed by atoms with Gasteiger partial charge in [-0.05, 0) is 83.7 Å². The zero-order valence-corrected chi connectivity index (χ0v) is 33.3. The van der Waals surface area contributed by atoms with Gasteiger partial charge in [0.1, 0.15) is 11.3 Å². The van der Waals surface area contributed by atoms with Gasteiger partial charge in [-0.1, -0.05) is 38.0 Å². The molecule has 0 radical (unpaired) electrons. The first kappa shape index (κ1) is 49.7. The summed E-state index contributed by atoms with van der Waals surface area (Å²) in [6.45, 7) is 6.49. The van der Waals surface area contributed by atoms with E-state index < -0.39 is 77.4 Å². The minimum Gasteiger partial charge on any atom is -0.456 e. The number of rotatable bonds is 21. The summed E-state index contributed by atoms with van der Waals surface area (Å²) in [4.78, 5) is 25.5. The van der Waals surface area contributed by atoms with E-state index in [1.807, 2.05) is 6.92 Å². The third kappa shape index (κ3) is 15.1. The Kier molecular flexibility index (Phi) is 15.2. The topological polar surface area (TPSA) is 145 Å². The molecule has 0 bridgehead atoms. The van der Waals surface area contributed by atoms with Gasteiger partial charge in [0.25, 0.3) is 0 Å². The zero-order valence-electron chi connectivity index (χ0n) is 32.5. The Morgan fingerprint density at radius 3 is 1.93 bits per heavy atom. The Labute approximate surface area is 335 Å². The summed E-state index contributed by atoms with van der Waals surface area (Å²) >= 11 is 0.0768. The van der Waals surface area contributed by atoms with Crippen LogP contribution in [0.4, 0.5) is 48.3 Å². The Morgan fingerprint density at radius 2 is 1.37 bits per heavy atom. The number of esters is 1. The highest BCUT2D eigenvalue weighted by Crippen LogP contribution is 2.41. The van der Waals surface area contributed by atoms with E-state index in [9.17, 15) is 57.9 Å². The Hall–Kier alpha value is -3.70. The molecule has 1 aromatic heterocycles. The average Bonchev–Trinajstić information content (AvgIpc) is 3.02. The molecule has 332 valence electrons. The van der Waals surface area contributed by atoms with E-state index in [2.05, 4.69) is 23.7 Å². The lowest BCUT2D eigenvalue weighted by molar-refractivity contribution is -0.572. The van der Waals surface area contributed by atoms with Crippen molar-refractivity contribution in [1.29, 1.82) is 0 Å². The van der Waals surface area contributed by atoms with E-state index in [0.717, 1.165) is 37.1 Å². The first-order valence-electron chi connectivity index (χ1n) is 17.6. The van der Waals surface area contributed by atoms with Crippen molar-refractivity contribution in [3.05, 3.63) is 58.4 Å². The van der Waals surface area contributed by atoms with Gasteiger partial charge in [0.2, 0.25) is 0 Å². The lowest BCUT2D eigenvalue weighted by Crippen LogP contribution is -2.58. The molecule has 0 aliphatic carbocycles. The van der Waals surface area contributed by atoms with Crippen LogP contribution < -0.4 is 21.8 Å². The van der Waals surface area contributed by atoms with Crippen LogP contribution in [0.25, 0.3) is 22.1 Å². The fourth-order valence-corrected chi connectivity index (χ4v) is 6.39. The van der Waals surface area contributed by atoms with E-state index in [1.165, 1.54) is 52.8 Å². The van der Waals surface area contributed by atoms with Crippen molar-refractivity contribution in [2.75, 3.05) is 12.4 Å². The zero-order chi connectivity index (χ0) is 45.0. The molecule has 1 heterocycles. The molecule has 0 amide bonds. The molecule has 22 heteroatoms. The van der Waals surface area contributed by atoms with Crippen LogP contribution in [0.5, 0.6) is 5.75 Å². The summed E-state index contributed by atoms with van der Waals surface area (Å²) in [5.74, 6) is -3.85. The molecule has 3 rings (SSSR count). The maximum Gasteiger partial charge on any atom is 0.573 e. The standard InChI is InChI=1S/C37H43F11N2O8S/c1-7-8-9-10-21-11-14-24(27(15-21)55-35(42,43)44)25-16-22-12-13-23(17-26(22)54-28(25)51)59-20-34(40,41)57-37(47,48)58-36(45,46)56-33(38,39)19-53-29(52)32(6,31(4,5)50)18-30(2,3)49/h11-17H,7-10,18-20,49-50H2,1-6H3. The molecule has 4 N–H and O–H groups in total. The third-order valence-corrected chi connectivity index (χ3v) is 9.64. The second-order valence-electron chi connectivity index (χ2n) is 15.1. The molecule has 0 aliphatic rings. The van der Waals surface area contributed by atoms with Crippen LogP contribution in [0.1, 0.15) is 72.8 Å². The van der Waals surface area contributed by atoms with Crippen molar-refractivity contribution in [2.45, 2.75) is 121 Å². The molecule has 0 spiro atoms. The van der Waals surface area contributed by atoms with Gasteiger partial charge in [-0.15, -0.1) is 42.5 Å². The van der Waals surface area contributed by atoms with Crippen LogP contribution in [-0.2, 0) is 30.2 Å². The van der Waals surface area contributed by atoms with Gasteiger partial charge in [0, 0.05) is 26.9 Å². The summed E-state index contributed by atoms with van der Waals surface area (Å²) < 4.78 is 176. The molecule has 1 atom stereocenters. The van der Waals surface area contributed by atoms with E-state index in [0.29, 0.717) is 18.4 Å². The van der Waals surface area contributed by atoms with Gasteiger partial charge in [0.15, 0.2) is 6.61 Å². The molecule has 2 aromatic carbocycles. The van der Waals surface area contributed by atoms with E-state index in [4.69, 9.17) is 15.9 Å². The van der Waals surface area contributed by atoms with Crippen molar-refractivity contribution in [2.24, 2.45) is 16.9 Å². The van der Waals surface area contributed by atoms with E-state index in [1.54, 1.807) is 0 Å². The van der Waals surface area contributed by atoms with Crippen molar-refractivity contribution < 1.29 is 81.2 Å². The number of unbranched alkanes of at least 4 members (excludes halogenated alkanes) is 2. The predicted molar refractivity (Wildman–Crippen MR) is 192 cm³/mol. The number of nitrogens with two attached hydrogens (primary N) is 2. The molecule has 0 fully saturated rings. The van der Waals surface area contributed by atoms with Crippen LogP contribution in [0, 0.1) is 5.41 Å². The highest BCUT2D eigenvalue weighted by molar-refractivity contribution is 7.99. The monoisotopic (exact) mass is 884 g/mol. The lowest BCUT2D eigenvalue weighted by Gasteiger charge is -2.43. The third-order valence-electron chi connectivity index (χ3n) is 8.57. The maximum atomic E-state index is 14.5. The normalized spacial score (nSPS) is 14.7. The second-order valence-corrected chi connectivity index (χ2v) is 16.1. The minimum atomic E-state index is -6.01. The van der Waals surface area contributed by atoms with Gasteiger partial charge < -0.3 is 25.4 Å². The van der Waals surface area contributed by atoms with Gasteiger partial charge in [-0.2, -0.15) is 17.6 Å². The predicted octanol–water partition coefficient (Wildman–Crippen LogP) is 9.93. The molecule has 0 saturated carbocycles. The quantitative estimate of drug-likeness (QED) is 0.0263. The number of hydrogen-bond donors (Lipinski definition) is 2. The van der Waals surface area contributed by atoms with Gasteiger partial charge in [-0.3, -0.25) is 4.79 Å². The maximum absolute atomic E-state index is 14.5. The highest BCUT2D eigenvalue weighted by atomic mass is 32.2. The van der Waals surface area contributed by atoms with Crippen LogP contribution in [0.3, 0.4) is 0 Å². The molecular formula is C37H43F11N2O8S. The first-order chi connectivity index (χ1) is 26.7. The molecule has 0 saturated heterocycles. The largest absolute Gasteiger partial charge is 0.573 e. The number of carbonyl (C=O) groups excluding carboxylic acids is 1. The fraction of sp³-hybridized carbons (Fsp3) is 0.568. The second kappa shape index (κ2) is 18.1. The minimum absolute atomic E-state index is 0.0768. The molecule has 3 aromatic rings. The number of alkyl halides is 11. The Morgan fingerprint density at radius 1 is 0.763 bits per heavy atom. The van der Waals surface area contributed by atoms with E-state index in [-0.39, 0.29) is 45.2 Å². The molecular weight excluding hydrogens is 841 g/mol. The SMILES string of the molecule is CCCCCc1ccc(-c2cc3ccc(SCC(F)(F)OC(F)(F)OC(F)(F)OC(F)(F)COC(=O)C(C)(CC(C)(C)N)C(C)(C)N)cc3oc2=O)c(OC(F)(F)F)c1. The number of ether oxygens (including phenoxy) is 5. The van der Waals surface area contributed by atoms with Crippen molar-refractivity contribution in [3.8, 4) is 16.9 Å². The molecule has 10 nitrogen and oxygen atoms in total. The number of carbonyl (C=O) groups is 1.